The van der Waals surface area contributed by atoms with Crippen molar-refractivity contribution in [2.24, 2.45) is 5.92 Å². The number of nitrogens with zero attached hydrogens (tertiary/aromatic N) is 1. The molecule has 2 aromatic rings. The quantitative estimate of drug-likeness (QED) is 0.293. The first-order valence-electron chi connectivity index (χ1n) is 15.3. The Hall–Kier alpha value is -4.32. The van der Waals surface area contributed by atoms with Crippen molar-refractivity contribution < 1.29 is 23.8 Å². The third kappa shape index (κ3) is 7.02. The normalized spacial score (nSPS) is 20.2. The van der Waals surface area contributed by atoms with Crippen LogP contribution in [0.1, 0.15) is 66.9 Å². The second-order valence-electron chi connectivity index (χ2n) is 11.8. The van der Waals surface area contributed by atoms with Crippen molar-refractivity contribution in [3.63, 3.8) is 0 Å². The SMILES string of the molecule is COC(=O)C1=CCCC(c2ccc(OCC3=CC=C(OC4CCN(C(=O)c5ccc(C6=CC6)cc5)CC4)C(C)C3)cc2)=C1. The summed E-state index contributed by atoms with van der Waals surface area (Å²) in [7, 11) is 1.41. The zero-order valence-corrected chi connectivity index (χ0v) is 25.0. The molecule has 1 heterocycles. The Morgan fingerprint density at radius 2 is 1.60 bits per heavy atom. The molecule has 1 atom stereocenters. The summed E-state index contributed by atoms with van der Waals surface area (Å²) in [6, 6.07) is 16.1. The number of piperidine rings is 1. The zero-order chi connectivity index (χ0) is 29.8. The first-order chi connectivity index (χ1) is 21.0. The van der Waals surface area contributed by atoms with Gasteiger partial charge in [0.15, 0.2) is 0 Å². The van der Waals surface area contributed by atoms with E-state index in [0.29, 0.717) is 25.3 Å². The van der Waals surface area contributed by atoms with Crippen molar-refractivity contribution in [3.05, 3.63) is 113 Å². The van der Waals surface area contributed by atoms with E-state index in [4.69, 9.17) is 14.2 Å². The standard InChI is InChI=1S/C37H39NO5/c1-25-22-26(24-42-33-15-13-29(14-16-33)31-4-3-5-32(23-31)37(40)41-2)6-17-35(25)43-34-18-20-38(21-19-34)36(39)30-11-9-28(10-12-30)27-7-8-27/h5-7,9-17,23,25,34H,3-4,8,18-22,24H2,1-2H3. The molecule has 6 heteroatoms. The van der Waals surface area contributed by atoms with E-state index in [-0.39, 0.29) is 23.9 Å². The highest BCUT2D eigenvalue weighted by Gasteiger charge is 2.27. The van der Waals surface area contributed by atoms with Crippen molar-refractivity contribution in [2.75, 3.05) is 26.8 Å². The Morgan fingerprint density at radius 3 is 2.28 bits per heavy atom. The molecular weight excluding hydrogens is 538 g/mol. The van der Waals surface area contributed by atoms with Gasteiger partial charge in [-0.2, -0.15) is 0 Å². The average molecular weight is 578 g/mol. The molecule has 0 bridgehead atoms. The van der Waals surface area contributed by atoms with E-state index in [1.807, 2.05) is 53.5 Å². The highest BCUT2D eigenvalue weighted by atomic mass is 16.5. The van der Waals surface area contributed by atoms with E-state index in [9.17, 15) is 9.59 Å². The van der Waals surface area contributed by atoms with Gasteiger partial charge in [0.2, 0.25) is 0 Å². The zero-order valence-electron chi connectivity index (χ0n) is 25.0. The van der Waals surface area contributed by atoms with Crippen LogP contribution in [0.25, 0.3) is 11.1 Å². The summed E-state index contributed by atoms with van der Waals surface area (Å²) in [5, 5.41) is 0. The van der Waals surface area contributed by atoms with Crippen molar-refractivity contribution >= 4 is 23.0 Å². The van der Waals surface area contributed by atoms with Crippen LogP contribution in [-0.4, -0.2) is 49.7 Å². The van der Waals surface area contributed by atoms with Gasteiger partial charge in [-0.05, 0) is 89.9 Å². The average Bonchev–Trinajstić information content (AvgIpc) is 3.91. The molecule has 0 saturated carbocycles. The largest absolute Gasteiger partial charge is 0.494 e. The topological polar surface area (TPSA) is 65.1 Å². The number of hydrogen-bond donors (Lipinski definition) is 0. The van der Waals surface area contributed by atoms with Crippen LogP contribution >= 0.6 is 0 Å². The van der Waals surface area contributed by atoms with Gasteiger partial charge in [-0.15, -0.1) is 0 Å². The van der Waals surface area contributed by atoms with Crippen LogP contribution in [0.15, 0.2) is 95.8 Å². The van der Waals surface area contributed by atoms with E-state index in [1.165, 1.54) is 23.8 Å². The Bertz CT molecular complexity index is 1520. The predicted molar refractivity (Wildman–Crippen MR) is 168 cm³/mol. The smallest absolute Gasteiger partial charge is 0.337 e. The fourth-order valence-electron chi connectivity index (χ4n) is 5.99. The Balaban J connectivity index is 0.969. The minimum atomic E-state index is -0.296. The number of likely N-dealkylation sites (tertiary alicyclic amines) is 1. The van der Waals surface area contributed by atoms with Gasteiger partial charge in [0.25, 0.3) is 5.91 Å². The number of carbonyl (C=O) groups is 2. The minimum absolute atomic E-state index is 0.109. The van der Waals surface area contributed by atoms with Crippen LogP contribution in [0, 0.1) is 5.92 Å². The number of ether oxygens (including phenoxy) is 3. The summed E-state index contributed by atoms with van der Waals surface area (Å²) in [4.78, 5) is 26.8. The third-order valence-electron chi connectivity index (χ3n) is 8.66. The van der Waals surface area contributed by atoms with Gasteiger partial charge in [0, 0.05) is 37.4 Å². The molecule has 6 nitrogen and oxygen atoms in total. The van der Waals surface area contributed by atoms with E-state index in [1.54, 1.807) is 0 Å². The summed E-state index contributed by atoms with van der Waals surface area (Å²) in [6.07, 6.45) is 15.8. The van der Waals surface area contributed by atoms with Gasteiger partial charge in [0.05, 0.1) is 18.4 Å². The number of allylic oxidation sites excluding steroid dienone is 7. The number of rotatable bonds is 9. The van der Waals surface area contributed by atoms with Crippen LogP contribution in [0.4, 0.5) is 0 Å². The molecule has 1 unspecified atom stereocenters. The summed E-state index contributed by atoms with van der Waals surface area (Å²) < 4.78 is 17.4. The summed E-state index contributed by atoms with van der Waals surface area (Å²) in [5.74, 6) is 1.93. The maximum absolute atomic E-state index is 13.0. The molecule has 0 N–H and O–H groups in total. The molecule has 43 heavy (non-hydrogen) atoms. The molecule has 1 fully saturated rings. The lowest BCUT2D eigenvalue weighted by Crippen LogP contribution is -2.41. The molecule has 0 aromatic heterocycles. The maximum atomic E-state index is 13.0. The van der Waals surface area contributed by atoms with Crippen molar-refractivity contribution in [3.8, 4) is 5.75 Å². The molecule has 222 valence electrons. The maximum Gasteiger partial charge on any atom is 0.337 e. The lowest BCUT2D eigenvalue weighted by atomic mass is 9.93. The highest BCUT2D eigenvalue weighted by molar-refractivity contribution is 5.95. The number of carbonyl (C=O) groups excluding carboxylic acids is 2. The molecule has 1 aliphatic heterocycles. The molecule has 0 spiro atoms. The fraction of sp³-hybridized carbons (Fsp3) is 0.351. The number of methoxy groups -OCH3 is 1. The Labute approximate surface area is 254 Å². The molecule has 4 aliphatic rings. The van der Waals surface area contributed by atoms with E-state index < -0.39 is 0 Å². The minimum Gasteiger partial charge on any atom is -0.494 e. The third-order valence-corrected chi connectivity index (χ3v) is 8.66. The fourth-order valence-corrected chi connectivity index (χ4v) is 5.99. The first kappa shape index (κ1) is 28.8. The lowest BCUT2D eigenvalue weighted by molar-refractivity contribution is -0.135. The lowest BCUT2D eigenvalue weighted by Gasteiger charge is -2.34. The van der Waals surface area contributed by atoms with Gasteiger partial charge in [0.1, 0.15) is 18.5 Å². The molecule has 3 aliphatic carbocycles. The highest BCUT2D eigenvalue weighted by Crippen LogP contribution is 2.32. The van der Waals surface area contributed by atoms with Crippen LogP contribution in [0.2, 0.25) is 0 Å². The summed E-state index contributed by atoms with van der Waals surface area (Å²) in [6.45, 7) is 4.16. The van der Waals surface area contributed by atoms with E-state index in [0.717, 1.165) is 66.7 Å². The monoisotopic (exact) mass is 577 g/mol. The van der Waals surface area contributed by atoms with Crippen molar-refractivity contribution in [2.45, 2.75) is 51.6 Å². The Kier molecular flexibility index (Phi) is 8.64. The number of amides is 1. The Morgan fingerprint density at radius 1 is 0.907 bits per heavy atom. The van der Waals surface area contributed by atoms with Gasteiger partial charge < -0.3 is 19.1 Å². The van der Waals surface area contributed by atoms with Gasteiger partial charge in [-0.3, -0.25) is 4.79 Å². The van der Waals surface area contributed by atoms with Crippen LogP contribution in [0.3, 0.4) is 0 Å². The van der Waals surface area contributed by atoms with E-state index in [2.05, 4.69) is 37.3 Å². The molecule has 6 rings (SSSR count). The van der Waals surface area contributed by atoms with Crippen LogP contribution in [-0.2, 0) is 14.3 Å². The van der Waals surface area contributed by atoms with Gasteiger partial charge in [-0.1, -0.05) is 49.4 Å². The van der Waals surface area contributed by atoms with Gasteiger partial charge in [-0.25, -0.2) is 4.79 Å². The first-order valence-corrected chi connectivity index (χ1v) is 15.3. The molecule has 1 amide bonds. The van der Waals surface area contributed by atoms with Crippen LogP contribution in [0.5, 0.6) is 5.75 Å². The number of hydrogen-bond acceptors (Lipinski definition) is 5. The number of benzene rings is 2. The molecule has 0 radical (unpaired) electrons. The van der Waals surface area contributed by atoms with Gasteiger partial charge >= 0.3 is 5.97 Å². The molecule has 1 saturated heterocycles. The van der Waals surface area contributed by atoms with Crippen molar-refractivity contribution in [1.29, 1.82) is 0 Å². The van der Waals surface area contributed by atoms with Crippen molar-refractivity contribution in [1.82, 2.24) is 4.90 Å². The van der Waals surface area contributed by atoms with E-state index >= 15 is 0 Å². The molecular formula is C37H39NO5. The summed E-state index contributed by atoms with van der Waals surface area (Å²) in [5.41, 5.74) is 7.42. The number of esters is 1. The second kappa shape index (κ2) is 12.9. The second-order valence-corrected chi connectivity index (χ2v) is 11.8. The summed E-state index contributed by atoms with van der Waals surface area (Å²) >= 11 is 0. The predicted octanol–water partition coefficient (Wildman–Crippen LogP) is 7.30. The van der Waals surface area contributed by atoms with Crippen LogP contribution < -0.4 is 4.74 Å². The molecule has 2 aromatic carbocycles.